The minimum absolute atomic E-state index is 0.271. The van der Waals surface area contributed by atoms with Crippen LogP contribution in [0.1, 0.15) is 79.1 Å². The fraction of sp³-hybridized carbons (Fsp3) is 0.571. The average molecular weight is 475 g/mol. The predicted molar refractivity (Wildman–Crippen MR) is 136 cm³/mol. The Bertz CT molecular complexity index is 819. The van der Waals surface area contributed by atoms with Gasteiger partial charge in [0.25, 0.3) is 0 Å². The second kappa shape index (κ2) is 14.3. The molecule has 2 rings (SSSR count). The number of hydrogen-bond donors (Lipinski definition) is 0. The largest absolute Gasteiger partial charge is 0.493 e. The Balaban J connectivity index is 1.97. The van der Waals surface area contributed by atoms with Crippen molar-refractivity contribution in [2.24, 2.45) is 11.8 Å². The third-order valence-electron chi connectivity index (χ3n) is 6.33. The van der Waals surface area contributed by atoms with Crippen molar-refractivity contribution >= 4 is 9.84 Å². The van der Waals surface area contributed by atoms with Crippen LogP contribution >= 0.6 is 0 Å². The van der Waals surface area contributed by atoms with Crippen molar-refractivity contribution in [1.29, 1.82) is 0 Å². The Morgan fingerprint density at radius 1 is 0.636 bits per heavy atom. The molecule has 0 aromatic heterocycles. The number of sulfone groups is 1. The van der Waals surface area contributed by atoms with Gasteiger partial charge in [-0.1, -0.05) is 66.2 Å². The number of hydrogen-bond acceptors (Lipinski definition) is 4. The van der Waals surface area contributed by atoms with Crippen molar-refractivity contribution in [3.8, 4) is 11.5 Å². The van der Waals surface area contributed by atoms with Crippen molar-refractivity contribution in [2.45, 2.75) is 88.9 Å². The molecule has 0 heterocycles. The normalized spacial score (nSPS) is 13.5. The molecule has 0 amide bonds. The molecule has 0 spiro atoms. The highest BCUT2D eigenvalue weighted by molar-refractivity contribution is 7.91. The van der Waals surface area contributed by atoms with E-state index in [4.69, 9.17) is 9.47 Å². The lowest BCUT2D eigenvalue weighted by Crippen LogP contribution is -2.11. The average Bonchev–Trinajstić information content (AvgIpc) is 2.85. The van der Waals surface area contributed by atoms with E-state index in [1.165, 1.54) is 25.7 Å². The maximum Gasteiger partial charge on any atom is 0.206 e. The second-order valence-corrected chi connectivity index (χ2v) is 10.9. The molecule has 0 saturated carbocycles. The molecule has 2 unspecified atom stereocenters. The molecule has 0 aliphatic heterocycles. The van der Waals surface area contributed by atoms with Gasteiger partial charge in [-0.2, -0.15) is 0 Å². The minimum atomic E-state index is -3.58. The third kappa shape index (κ3) is 8.69. The molecular weight excluding hydrogens is 432 g/mol. The summed E-state index contributed by atoms with van der Waals surface area (Å²) in [5.41, 5.74) is 0. The SMILES string of the molecule is CCCCC(CC)COc1ccc(S(=O)(=O)c2ccc(OCC(CC)CCCC)cc2)cc1. The topological polar surface area (TPSA) is 52.6 Å². The monoisotopic (exact) mass is 474 g/mol. The van der Waals surface area contributed by atoms with E-state index in [0.717, 1.165) is 25.7 Å². The first-order chi connectivity index (χ1) is 15.9. The van der Waals surface area contributed by atoms with Crippen LogP contribution in [0.25, 0.3) is 0 Å². The van der Waals surface area contributed by atoms with Gasteiger partial charge in [-0.05, 0) is 73.2 Å². The smallest absolute Gasteiger partial charge is 0.206 e. The summed E-state index contributed by atoms with van der Waals surface area (Å²) < 4.78 is 37.9. The van der Waals surface area contributed by atoms with Crippen LogP contribution in [0.2, 0.25) is 0 Å². The van der Waals surface area contributed by atoms with Crippen LogP contribution in [-0.2, 0) is 9.84 Å². The molecular formula is C28H42O4S. The van der Waals surface area contributed by atoms with Gasteiger partial charge in [0.1, 0.15) is 11.5 Å². The Morgan fingerprint density at radius 3 is 1.30 bits per heavy atom. The lowest BCUT2D eigenvalue weighted by molar-refractivity contribution is 0.233. The van der Waals surface area contributed by atoms with Gasteiger partial charge in [-0.25, -0.2) is 8.42 Å². The molecule has 4 nitrogen and oxygen atoms in total. The van der Waals surface area contributed by atoms with Gasteiger partial charge in [0.2, 0.25) is 9.84 Å². The molecule has 0 aliphatic carbocycles. The highest BCUT2D eigenvalue weighted by Crippen LogP contribution is 2.26. The Kier molecular flexibility index (Phi) is 11.8. The number of ether oxygens (including phenoxy) is 2. The van der Waals surface area contributed by atoms with Crippen molar-refractivity contribution in [1.82, 2.24) is 0 Å². The highest BCUT2D eigenvalue weighted by Gasteiger charge is 2.18. The molecule has 2 aromatic carbocycles. The van der Waals surface area contributed by atoms with Gasteiger partial charge >= 0.3 is 0 Å². The number of rotatable bonds is 16. The summed E-state index contributed by atoms with van der Waals surface area (Å²) in [4.78, 5) is 0.541. The van der Waals surface area contributed by atoms with E-state index in [1.54, 1.807) is 48.5 Å². The Hall–Kier alpha value is -2.01. The van der Waals surface area contributed by atoms with Gasteiger partial charge in [0, 0.05) is 0 Å². The number of unbranched alkanes of at least 4 members (excludes halogenated alkanes) is 2. The van der Waals surface area contributed by atoms with Crippen molar-refractivity contribution in [3.63, 3.8) is 0 Å². The van der Waals surface area contributed by atoms with E-state index in [-0.39, 0.29) is 9.79 Å². The van der Waals surface area contributed by atoms with Gasteiger partial charge in [-0.3, -0.25) is 0 Å². The molecule has 2 atom stereocenters. The van der Waals surface area contributed by atoms with Crippen LogP contribution < -0.4 is 9.47 Å². The summed E-state index contributed by atoms with van der Waals surface area (Å²) >= 11 is 0. The molecule has 33 heavy (non-hydrogen) atoms. The molecule has 0 N–H and O–H groups in total. The summed E-state index contributed by atoms with van der Waals surface area (Å²) in [6, 6.07) is 13.5. The molecule has 5 heteroatoms. The standard InChI is InChI=1S/C28H42O4S/c1-5-9-11-23(7-3)21-31-25-13-17-27(18-14-25)33(29,30)28-19-15-26(16-20-28)32-22-24(8-4)12-10-6-2/h13-20,23-24H,5-12,21-22H2,1-4H3. The van der Waals surface area contributed by atoms with Gasteiger partial charge in [0.15, 0.2) is 0 Å². The predicted octanol–water partition coefficient (Wildman–Crippen LogP) is 7.71. The molecule has 0 aliphatic rings. The molecule has 0 radical (unpaired) electrons. The van der Waals surface area contributed by atoms with E-state index in [0.29, 0.717) is 36.5 Å². The first-order valence-electron chi connectivity index (χ1n) is 12.6. The van der Waals surface area contributed by atoms with E-state index < -0.39 is 9.84 Å². The van der Waals surface area contributed by atoms with E-state index in [9.17, 15) is 8.42 Å². The van der Waals surface area contributed by atoms with Crippen LogP contribution in [0.4, 0.5) is 0 Å². The van der Waals surface area contributed by atoms with Crippen molar-refractivity contribution in [3.05, 3.63) is 48.5 Å². The summed E-state index contributed by atoms with van der Waals surface area (Å²) in [5.74, 6) is 2.49. The number of benzene rings is 2. The van der Waals surface area contributed by atoms with Crippen molar-refractivity contribution in [2.75, 3.05) is 13.2 Å². The molecule has 0 bridgehead atoms. The third-order valence-corrected chi connectivity index (χ3v) is 8.11. The van der Waals surface area contributed by atoms with Crippen LogP contribution in [0.5, 0.6) is 11.5 Å². The Morgan fingerprint density at radius 2 is 1.00 bits per heavy atom. The summed E-state index contributed by atoms with van der Waals surface area (Å²) in [5, 5.41) is 0. The summed E-state index contributed by atoms with van der Waals surface area (Å²) in [6.45, 7) is 10.1. The highest BCUT2D eigenvalue weighted by atomic mass is 32.2. The zero-order valence-corrected chi connectivity index (χ0v) is 21.7. The lowest BCUT2D eigenvalue weighted by Gasteiger charge is -2.16. The molecule has 0 saturated heterocycles. The maximum atomic E-state index is 13.0. The maximum absolute atomic E-state index is 13.0. The first kappa shape index (κ1) is 27.2. The van der Waals surface area contributed by atoms with E-state index in [2.05, 4.69) is 27.7 Å². The molecule has 184 valence electrons. The zero-order valence-electron chi connectivity index (χ0n) is 20.9. The fourth-order valence-corrected chi connectivity index (χ4v) is 5.05. The zero-order chi connectivity index (χ0) is 24.1. The summed E-state index contributed by atoms with van der Waals surface area (Å²) in [6.07, 6.45) is 9.30. The fourth-order valence-electron chi connectivity index (χ4n) is 3.79. The lowest BCUT2D eigenvalue weighted by atomic mass is 10.0. The molecule has 2 aromatic rings. The van der Waals surface area contributed by atoms with Crippen LogP contribution in [0, 0.1) is 11.8 Å². The van der Waals surface area contributed by atoms with Crippen molar-refractivity contribution < 1.29 is 17.9 Å². The molecule has 0 fully saturated rings. The van der Waals surface area contributed by atoms with Crippen LogP contribution in [0.3, 0.4) is 0 Å². The summed E-state index contributed by atoms with van der Waals surface area (Å²) in [7, 11) is -3.58. The Labute approximate surface area is 201 Å². The minimum Gasteiger partial charge on any atom is -0.493 e. The van der Waals surface area contributed by atoms with Gasteiger partial charge in [-0.15, -0.1) is 0 Å². The van der Waals surface area contributed by atoms with Crippen LogP contribution in [0.15, 0.2) is 58.3 Å². The van der Waals surface area contributed by atoms with Crippen LogP contribution in [-0.4, -0.2) is 21.6 Å². The quantitative estimate of drug-likeness (QED) is 0.250. The van der Waals surface area contributed by atoms with Gasteiger partial charge in [0.05, 0.1) is 23.0 Å². The first-order valence-corrected chi connectivity index (χ1v) is 14.1. The van der Waals surface area contributed by atoms with E-state index in [1.807, 2.05) is 0 Å². The van der Waals surface area contributed by atoms with Gasteiger partial charge < -0.3 is 9.47 Å². The second-order valence-electron chi connectivity index (χ2n) is 8.90. The van der Waals surface area contributed by atoms with E-state index >= 15 is 0 Å².